The number of aryl methyl sites for hydroxylation is 2. The van der Waals surface area contributed by atoms with E-state index in [9.17, 15) is 4.79 Å². The SMILES string of the molecule is Cc1ccc(NC(=O)CN2CCCC(CCN)C2)c(C)c1. The van der Waals surface area contributed by atoms with E-state index in [0.29, 0.717) is 12.5 Å². The Bertz CT molecular complexity index is 485. The van der Waals surface area contributed by atoms with Gasteiger partial charge in [0.05, 0.1) is 6.54 Å². The standard InChI is InChI=1S/C17H27N3O/c1-13-5-6-16(14(2)10-13)19-17(21)12-20-9-3-4-15(11-20)7-8-18/h5-6,10,15H,3-4,7-9,11-12,18H2,1-2H3,(H,19,21). The van der Waals surface area contributed by atoms with E-state index >= 15 is 0 Å². The molecule has 4 heteroatoms. The molecule has 0 saturated carbocycles. The predicted octanol–water partition coefficient (Wildman–Crippen LogP) is 2.30. The Morgan fingerprint density at radius 3 is 2.95 bits per heavy atom. The Balaban J connectivity index is 1.86. The molecular weight excluding hydrogens is 262 g/mol. The molecule has 1 aliphatic heterocycles. The number of hydrogen-bond donors (Lipinski definition) is 2. The second-order valence-electron chi connectivity index (χ2n) is 6.19. The summed E-state index contributed by atoms with van der Waals surface area (Å²) < 4.78 is 0. The molecule has 1 aromatic carbocycles. The van der Waals surface area contributed by atoms with Gasteiger partial charge in [0, 0.05) is 12.2 Å². The highest BCUT2D eigenvalue weighted by Gasteiger charge is 2.21. The highest BCUT2D eigenvalue weighted by atomic mass is 16.2. The number of amides is 1. The quantitative estimate of drug-likeness (QED) is 0.874. The lowest BCUT2D eigenvalue weighted by Crippen LogP contribution is -2.41. The van der Waals surface area contributed by atoms with Crippen molar-refractivity contribution in [3.63, 3.8) is 0 Å². The summed E-state index contributed by atoms with van der Waals surface area (Å²) in [5, 5.41) is 3.03. The van der Waals surface area contributed by atoms with Crippen LogP contribution >= 0.6 is 0 Å². The van der Waals surface area contributed by atoms with Crippen molar-refractivity contribution in [3.8, 4) is 0 Å². The van der Waals surface area contributed by atoms with Crippen LogP contribution in [0, 0.1) is 19.8 Å². The monoisotopic (exact) mass is 289 g/mol. The summed E-state index contributed by atoms with van der Waals surface area (Å²) in [7, 11) is 0. The summed E-state index contributed by atoms with van der Waals surface area (Å²) in [6.45, 7) is 7.32. The lowest BCUT2D eigenvalue weighted by molar-refractivity contribution is -0.117. The highest BCUT2D eigenvalue weighted by molar-refractivity contribution is 5.93. The van der Waals surface area contributed by atoms with E-state index in [1.165, 1.54) is 18.4 Å². The molecule has 0 radical (unpaired) electrons. The minimum absolute atomic E-state index is 0.0790. The van der Waals surface area contributed by atoms with Crippen molar-refractivity contribution < 1.29 is 4.79 Å². The summed E-state index contributed by atoms with van der Waals surface area (Å²) in [5.74, 6) is 0.730. The average Bonchev–Trinajstić information content (AvgIpc) is 2.43. The van der Waals surface area contributed by atoms with Crippen LogP contribution in [0.25, 0.3) is 0 Å². The molecule has 3 N–H and O–H groups in total. The van der Waals surface area contributed by atoms with Crippen LogP contribution in [0.5, 0.6) is 0 Å². The van der Waals surface area contributed by atoms with Gasteiger partial charge >= 0.3 is 0 Å². The lowest BCUT2D eigenvalue weighted by atomic mass is 9.95. The van der Waals surface area contributed by atoms with E-state index in [2.05, 4.69) is 23.2 Å². The zero-order valence-electron chi connectivity index (χ0n) is 13.2. The first-order chi connectivity index (χ1) is 10.1. The number of carbonyl (C=O) groups excluding carboxylic acids is 1. The number of nitrogens with two attached hydrogens (primary N) is 1. The molecule has 1 aliphatic rings. The molecule has 0 bridgehead atoms. The average molecular weight is 289 g/mol. The molecule has 1 amide bonds. The molecule has 116 valence electrons. The zero-order chi connectivity index (χ0) is 15.2. The fourth-order valence-electron chi connectivity index (χ4n) is 3.11. The minimum Gasteiger partial charge on any atom is -0.330 e. The maximum Gasteiger partial charge on any atom is 0.238 e. The van der Waals surface area contributed by atoms with Gasteiger partial charge < -0.3 is 11.1 Å². The van der Waals surface area contributed by atoms with Crippen molar-refractivity contribution in [1.82, 2.24) is 4.90 Å². The smallest absolute Gasteiger partial charge is 0.238 e. The molecule has 1 aromatic rings. The number of benzene rings is 1. The van der Waals surface area contributed by atoms with E-state index in [0.717, 1.165) is 37.3 Å². The van der Waals surface area contributed by atoms with Gasteiger partial charge in [-0.25, -0.2) is 0 Å². The predicted molar refractivity (Wildman–Crippen MR) is 87.4 cm³/mol. The van der Waals surface area contributed by atoms with E-state index < -0.39 is 0 Å². The molecule has 0 spiro atoms. The van der Waals surface area contributed by atoms with Gasteiger partial charge in [-0.2, -0.15) is 0 Å². The Morgan fingerprint density at radius 1 is 1.43 bits per heavy atom. The van der Waals surface area contributed by atoms with Crippen LogP contribution in [-0.4, -0.2) is 37.0 Å². The largest absolute Gasteiger partial charge is 0.330 e. The molecule has 1 saturated heterocycles. The summed E-state index contributed by atoms with van der Waals surface area (Å²) in [6.07, 6.45) is 3.48. The Hall–Kier alpha value is -1.39. The second-order valence-corrected chi connectivity index (χ2v) is 6.19. The van der Waals surface area contributed by atoms with E-state index in [1.54, 1.807) is 0 Å². The molecule has 0 aromatic heterocycles. The van der Waals surface area contributed by atoms with Gasteiger partial charge in [0.1, 0.15) is 0 Å². The van der Waals surface area contributed by atoms with Gasteiger partial charge in [0.2, 0.25) is 5.91 Å². The number of nitrogens with zero attached hydrogens (tertiary/aromatic N) is 1. The van der Waals surface area contributed by atoms with Crippen molar-refractivity contribution in [2.45, 2.75) is 33.1 Å². The maximum atomic E-state index is 12.2. The van der Waals surface area contributed by atoms with Gasteiger partial charge in [-0.3, -0.25) is 9.69 Å². The first-order valence-electron chi connectivity index (χ1n) is 7.88. The normalized spacial score (nSPS) is 19.5. The first kappa shape index (κ1) is 16.0. The summed E-state index contributed by atoms with van der Waals surface area (Å²) in [6, 6.07) is 6.10. The molecule has 1 unspecified atom stereocenters. The van der Waals surface area contributed by atoms with Gasteiger partial charge in [-0.15, -0.1) is 0 Å². The molecular formula is C17H27N3O. The van der Waals surface area contributed by atoms with Crippen LogP contribution in [0.4, 0.5) is 5.69 Å². The van der Waals surface area contributed by atoms with E-state index in [-0.39, 0.29) is 5.91 Å². The summed E-state index contributed by atoms with van der Waals surface area (Å²) >= 11 is 0. The van der Waals surface area contributed by atoms with Gasteiger partial charge in [0.25, 0.3) is 0 Å². The highest BCUT2D eigenvalue weighted by Crippen LogP contribution is 2.19. The summed E-state index contributed by atoms with van der Waals surface area (Å²) in [4.78, 5) is 14.5. The van der Waals surface area contributed by atoms with E-state index in [1.807, 2.05) is 19.1 Å². The minimum atomic E-state index is 0.0790. The van der Waals surface area contributed by atoms with Gasteiger partial charge in [-0.05, 0) is 63.7 Å². The van der Waals surface area contributed by atoms with Crippen LogP contribution in [-0.2, 0) is 4.79 Å². The van der Waals surface area contributed by atoms with Gasteiger partial charge in [0.15, 0.2) is 0 Å². The fraction of sp³-hybridized carbons (Fsp3) is 0.588. The van der Waals surface area contributed by atoms with Crippen molar-refractivity contribution in [1.29, 1.82) is 0 Å². The van der Waals surface area contributed by atoms with Crippen molar-refractivity contribution in [3.05, 3.63) is 29.3 Å². The second kappa shape index (κ2) is 7.57. The molecule has 1 heterocycles. The molecule has 21 heavy (non-hydrogen) atoms. The third-order valence-electron chi connectivity index (χ3n) is 4.20. The van der Waals surface area contributed by atoms with Gasteiger partial charge in [-0.1, -0.05) is 17.7 Å². The molecule has 1 atom stereocenters. The number of rotatable bonds is 5. The number of hydrogen-bond acceptors (Lipinski definition) is 3. The number of likely N-dealkylation sites (tertiary alicyclic amines) is 1. The molecule has 1 fully saturated rings. The number of piperidine rings is 1. The molecule has 0 aliphatic carbocycles. The van der Waals surface area contributed by atoms with Crippen LogP contribution in [0.1, 0.15) is 30.4 Å². The fourth-order valence-corrected chi connectivity index (χ4v) is 3.11. The summed E-state index contributed by atoms with van der Waals surface area (Å²) in [5.41, 5.74) is 8.88. The van der Waals surface area contributed by atoms with Crippen LogP contribution in [0.3, 0.4) is 0 Å². The third kappa shape index (κ3) is 4.83. The zero-order valence-corrected chi connectivity index (χ0v) is 13.2. The lowest BCUT2D eigenvalue weighted by Gasteiger charge is -2.32. The van der Waals surface area contributed by atoms with Crippen molar-refractivity contribution >= 4 is 11.6 Å². The van der Waals surface area contributed by atoms with Crippen LogP contribution in [0.2, 0.25) is 0 Å². The molecule has 2 rings (SSSR count). The Labute approximate surface area is 127 Å². The topological polar surface area (TPSA) is 58.4 Å². The Kier molecular flexibility index (Phi) is 5.76. The third-order valence-corrected chi connectivity index (χ3v) is 4.20. The van der Waals surface area contributed by atoms with Crippen LogP contribution in [0.15, 0.2) is 18.2 Å². The van der Waals surface area contributed by atoms with Crippen LogP contribution < -0.4 is 11.1 Å². The van der Waals surface area contributed by atoms with Crippen molar-refractivity contribution in [2.75, 3.05) is 31.5 Å². The Morgan fingerprint density at radius 2 is 2.24 bits per heavy atom. The number of nitrogens with one attached hydrogen (secondary N) is 1. The van der Waals surface area contributed by atoms with Crippen molar-refractivity contribution in [2.24, 2.45) is 11.7 Å². The number of carbonyl (C=O) groups is 1. The van der Waals surface area contributed by atoms with E-state index in [4.69, 9.17) is 5.73 Å². The molecule has 4 nitrogen and oxygen atoms in total. The maximum absolute atomic E-state index is 12.2. The first-order valence-corrected chi connectivity index (χ1v) is 7.88. The number of anilines is 1.